The largest absolute Gasteiger partial charge is 0.433 e. The fraction of sp³-hybridized carbons (Fsp3) is 0.412. The number of aryl methyl sites for hydroxylation is 1. The van der Waals surface area contributed by atoms with Crippen molar-refractivity contribution < 1.29 is 18.3 Å². The van der Waals surface area contributed by atoms with Gasteiger partial charge in [0.1, 0.15) is 11.6 Å². The summed E-state index contributed by atoms with van der Waals surface area (Å²) in [6, 6.07) is 4.30. The molecule has 1 aromatic heterocycles. The van der Waals surface area contributed by atoms with Gasteiger partial charge in [0, 0.05) is 36.0 Å². The van der Waals surface area contributed by atoms with Crippen molar-refractivity contribution in [2.24, 2.45) is 0 Å². The van der Waals surface area contributed by atoms with E-state index in [2.05, 4.69) is 14.7 Å². The van der Waals surface area contributed by atoms with Crippen LogP contribution >= 0.6 is 23.2 Å². The van der Waals surface area contributed by atoms with Crippen molar-refractivity contribution in [3.05, 3.63) is 39.5 Å². The van der Waals surface area contributed by atoms with Crippen molar-refractivity contribution >= 4 is 35.0 Å². The highest BCUT2D eigenvalue weighted by Gasteiger charge is 2.28. The first-order valence-electron chi connectivity index (χ1n) is 8.24. The molecule has 0 bridgehead atoms. The van der Waals surface area contributed by atoms with Gasteiger partial charge in [0.15, 0.2) is 0 Å². The van der Waals surface area contributed by atoms with Gasteiger partial charge in [-0.05, 0) is 25.0 Å². The van der Waals surface area contributed by atoms with Gasteiger partial charge in [0.2, 0.25) is 5.95 Å². The van der Waals surface area contributed by atoms with E-state index >= 15 is 0 Å². The smallest absolute Gasteiger partial charge is 0.387 e. The number of halogens is 4. The van der Waals surface area contributed by atoms with Crippen LogP contribution in [0.25, 0.3) is 0 Å². The minimum Gasteiger partial charge on any atom is -0.433 e. The average Bonchev–Trinajstić information content (AvgIpc) is 2.82. The lowest BCUT2D eigenvalue weighted by atomic mass is 10.1. The van der Waals surface area contributed by atoms with Crippen LogP contribution in [0.4, 0.5) is 20.5 Å². The van der Waals surface area contributed by atoms with Gasteiger partial charge in [-0.2, -0.15) is 13.8 Å². The Bertz CT molecular complexity index is 806. The minimum atomic E-state index is -2.99. The SMILES string of the molecule is Cc1cc(N2CCCOCC2c2cc(Cl)c(OC(F)F)cc2Cl)nc(N)n1. The topological polar surface area (TPSA) is 73.5 Å². The lowest BCUT2D eigenvalue weighted by molar-refractivity contribution is -0.0497. The predicted molar refractivity (Wildman–Crippen MR) is 99.8 cm³/mol. The molecular formula is C17H18Cl2F2N4O2. The second-order valence-electron chi connectivity index (χ2n) is 6.05. The van der Waals surface area contributed by atoms with E-state index in [1.54, 1.807) is 0 Å². The Morgan fingerprint density at radius 3 is 2.74 bits per heavy atom. The molecule has 1 aliphatic rings. The number of aromatic nitrogens is 2. The molecule has 3 rings (SSSR count). The second kappa shape index (κ2) is 8.41. The number of hydrogen-bond acceptors (Lipinski definition) is 6. The molecule has 1 fully saturated rings. The number of hydrogen-bond donors (Lipinski definition) is 1. The zero-order chi connectivity index (χ0) is 19.6. The third kappa shape index (κ3) is 4.69. The van der Waals surface area contributed by atoms with Crippen molar-refractivity contribution in [1.82, 2.24) is 9.97 Å². The molecular weight excluding hydrogens is 401 g/mol. The monoisotopic (exact) mass is 418 g/mol. The van der Waals surface area contributed by atoms with Crippen LogP contribution in [0.15, 0.2) is 18.2 Å². The Hall–Kier alpha value is -1.90. The maximum absolute atomic E-state index is 12.5. The Morgan fingerprint density at radius 1 is 1.26 bits per heavy atom. The molecule has 27 heavy (non-hydrogen) atoms. The molecule has 0 aliphatic carbocycles. The van der Waals surface area contributed by atoms with E-state index in [0.717, 1.165) is 12.1 Å². The minimum absolute atomic E-state index is 0.0391. The standard InChI is InChI=1S/C17H18Cl2F2N4O2/c1-9-5-15(24-17(22)23-9)25-3-2-4-26-8-13(25)10-6-12(19)14(7-11(10)18)27-16(20)21/h5-7,13,16H,2-4,8H2,1H3,(H2,22,23,24). The van der Waals surface area contributed by atoms with Crippen LogP contribution < -0.4 is 15.4 Å². The molecule has 1 aromatic carbocycles. The number of nitrogens with zero attached hydrogens (tertiary/aromatic N) is 3. The summed E-state index contributed by atoms with van der Waals surface area (Å²) in [5.41, 5.74) is 7.15. The molecule has 1 unspecified atom stereocenters. The molecule has 0 amide bonds. The molecule has 0 spiro atoms. The summed E-state index contributed by atoms with van der Waals surface area (Å²) in [4.78, 5) is 10.4. The number of anilines is 2. The summed E-state index contributed by atoms with van der Waals surface area (Å²) in [5, 5.41) is 0.284. The molecule has 10 heteroatoms. The van der Waals surface area contributed by atoms with E-state index in [-0.39, 0.29) is 27.8 Å². The lowest BCUT2D eigenvalue weighted by Crippen LogP contribution is -2.32. The van der Waals surface area contributed by atoms with Crippen molar-refractivity contribution in [2.45, 2.75) is 26.0 Å². The molecule has 0 saturated carbocycles. The summed E-state index contributed by atoms with van der Waals surface area (Å²) >= 11 is 12.5. The quantitative estimate of drug-likeness (QED) is 0.799. The lowest BCUT2D eigenvalue weighted by Gasteiger charge is -2.31. The highest BCUT2D eigenvalue weighted by molar-refractivity contribution is 6.34. The molecule has 2 aromatic rings. The first-order chi connectivity index (χ1) is 12.8. The van der Waals surface area contributed by atoms with Crippen LogP contribution in [0.3, 0.4) is 0 Å². The number of benzene rings is 1. The van der Waals surface area contributed by atoms with Crippen LogP contribution in [0.1, 0.15) is 23.7 Å². The fourth-order valence-electron chi connectivity index (χ4n) is 3.02. The highest BCUT2D eigenvalue weighted by Crippen LogP contribution is 2.38. The second-order valence-corrected chi connectivity index (χ2v) is 6.86. The summed E-state index contributed by atoms with van der Waals surface area (Å²) in [6.07, 6.45) is 0.775. The summed E-state index contributed by atoms with van der Waals surface area (Å²) in [7, 11) is 0. The van der Waals surface area contributed by atoms with Crippen molar-refractivity contribution in [2.75, 3.05) is 30.4 Å². The maximum atomic E-state index is 12.5. The Labute approximate surface area is 165 Å². The normalized spacial score (nSPS) is 17.9. The van der Waals surface area contributed by atoms with Crippen LogP contribution in [0.2, 0.25) is 10.0 Å². The predicted octanol–water partition coefficient (Wildman–Crippen LogP) is 4.24. The Balaban J connectivity index is 2.02. The van der Waals surface area contributed by atoms with Crippen LogP contribution in [0, 0.1) is 6.92 Å². The zero-order valence-electron chi connectivity index (χ0n) is 14.5. The maximum Gasteiger partial charge on any atom is 0.387 e. The zero-order valence-corrected chi connectivity index (χ0v) is 16.0. The molecule has 1 atom stereocenters. The third-order valence-electron chi connectivity index (χ3n) is 4.12. The number of nitrogen functional groups attached to an aromatic ring is 1. The number of alkyl halides is 2. The van der Waals surface area contributed by atoms with E-state index < -0.39 is 6.61 Å². The van der Waals surface area contributed by atoms with Crippen molar-refractivity contribution in [1.29, 1.82) is 0 Å². The average molecular weight is 419 g/mol. The number of ether oxygens (including phenoxy) is 2. The van der Waals surface area contributed by atoms with E-state index in [9.17, 15) is 8.78 Å². The van der Waals surface area contributed by atoms with Gasteiger partial charge < -0.3 is 20.1 Å². The van der Waals surface area contributed by atoms with Gasteiger partial charge in [0.05, 0.1) is 17.7 Å². The van der Waals surface area contributed by atoms with Gasteiger partial charge in [-0.15, -0.1) is 0 Å². The highest BCUT2D eigenvalue weighted by atomic mass is 35.5. The van der Waals surface area contributed by atoms with Crippen LogP contribution in [-0.4, -0.2) is 36.3 Å². The summed E-state index contributed by atoms with van der Waals surface area (Å²) < 4.78 is 35.1. The van der Waals surface area contributed by atoms with E-state index in [1.807, 2.05) is 17.9 Å². The van der Waals surface area contributed by atoms with E-state index in [1.165, 1.54) is 12.1 Å². The molecule has 146 valence electrons. The van der Waals surface area contributed by atoms with E-state index in [0.29, 0.717) is 31.1 Å². The van der Waals surface area contributed by atoms with Gasteiger partial charge in [-0.1, -0.05) is 23.2 Å². The van der Waals surface area contributed by atoms with E-state index in [4.69, 9.17) is 33.7 Å². The molecule has 1 aliphatic heterocycles. The first kappa shape index (κ1) is 19.9. The van der Waals surface area contributed by atoms with Gasteiger partial charge in [0.25, 0.3) is 0 Å². The third-order valence-corrected chi connectivity index (χ3v) is 4.74. The number of rotatable bonds is 4. The first-order valence-corrected chi connectivity index (χ1v) is 9.00. The van der Waals surface area contributed by atoms with Gasteiger partial charge in [-0.3, -0.25) is 0 Å². The fourth-order valence-corrected chi connectivity index (χ4v) is 3.51. The molecule has 1 saturated heterocycles. The Kier molecular flexibility index (Phi) is 6.18. The van der Waals surface area contributed by atoms with Crippen LogP contribution in [0.5, 0.6) is 5.75 Å². The molecule has 0 radical (unpaired) electrons. The van der Waals surface area contributed by atoms with Gasteiger partial charge >= 0.3 is 6.61 Å². The van der Waals surface area contributed by atoms with Crippen LogP contribution in [-0.2, 0) is 4.74 Å². The molecule has 2 N–H and O–H groups in total. The van der Waals surface area contributed by atoms with Gasteiger partial charge in [-0.25, -0.2) is 4.98 Å². The number of nitrogens with two attached hydrogens (primary N) is 1. The summed E-state index contributed by atoms with van der Waals surface area (Å²) in [6.45, 7) is 0.377. The Morgan fingerprint density at radius 2 is 2.04 bits per heavy atom. The van der Waals surface area contributed by atoms with Crippen molar-refractivity contribution in [3.63, 3.8) is 0 Å². The summed E-state index contributed by atoms with van der Waals surface area (Å²) in [5.74, 6) is 0.623. The molecule has 2 heterocycles. The van der Waals surface area contributed by atoms with Crippen molar-refractivity contribution in [3.8, 4) is 5.75 Å². The molecule has 6 nitrogen and oxygen atoms in total.